The number of hydrogen-bond acceptors (Lipinski definition) is 4. The largest absolute Gasteiger partial charge is 0.505 e. The minimum atomic E-state index is -0.328. The molecule has 6 heteroatoms. The predicted octanol–water partition coefficient (Wildman–Crippen LogP) is 1.01. The smallest absolute Gasteiger partial charge is 0.255 e. The highest BCUT2D eigenvalue weighted by atomic mass is 16.3. The molecular formula is C13H16N4O2. The van der Waals surface area contributed by atoms with Crippen LogP contribution in [0.3, 0.4) is 0 Å². The number of hydrogen-bond donors (Lipinski definition) is 2. The van der Waals surface area contributed by atoms with E-state index in [9.17, 15) is 9.90 Å². The van der Waals surface area contributed by atoms with Crippen LogP contribution in [0.15, 0.2) is 24.7 Å². The second-order valence-electron chi connectivity index (χ2n) is 4.20. The van der Waals surface area contributed by atoms with Crippen molar-refractivity contribution >= 4 is 5.91 Å². The number of amides is 1. The number of nitrogens with zero attached hydrogens (tertiary/aromatic N) is 3. The summed E-state index contributed by atoms with van der Waals surface area (Å²) in [6.45, 7) is 2.40. The number of carbonyl (C=O) groups is 1. The molecule has 0 aliphatic carbocycles. The molecule has 2 aromatic rings. The first-order valence-corrected chi connectivity index (χ1v) is 6.04. The highest BCUT2D eigenvalue weighted by Gasteiger charge is 2.12. The van der Waals surface area contributed by atoms with Gasteiger partial charge in [-0.2, -0.15) is 5.10 Å². The molecule has 0 fully saturated rings. The summed E-state index contributed by atoms with van der Waals surface area (Å²) in [5.41, 5.74) is 2.16. The maximum Gasteiger partial charge on any atom is 0.255 e. The quantitative estimate of drug-likeness (QED) is 0.860. The molecule has 0 radical (unpaired) electrons. The van der Waals surface area contributed by atoms with Gasteiger partial charge in [0, 0.05) is 31.5 Å². The first-order valence-electron chi connectivity index (χ1n) is 6.04. The Labute approximate surface area is 111 Å². The van der Waals surface area contributed by atoms with Crippen LogP contribution in [-0.4, -0.2) is 25.8 Å². The Morgan fingerprint density at radius 1 is 1.53 bits per heavy atom. The van der Waals surface area contributed by atoms with E-state index in [-0.39, 0.29) is 17.2 Å². The average molecular weight is 260 g/mol. The van der Waals surface area contributed by atoms with Crippen molar-refractivity contribution in [2.45, 2.75) is 19.9 Å². The lowest BCUT2D eigenvalue weighted by Gasteiger charge is -2.06. The molecule has 1 amide bonds. The normalized spacial score (nSPS) is 10.4. The number of carbonyl (C=O) groups excluding carboxylic acids is 1. The van der Waals surface area contributed by atoms with Crippen LogP contribution in [0, 0.1) is 0 Å². The van der Waals surface area contributed by atoms with Crippen molar-refractivity contribution in [1.29, 1.82) is 0 Å². The van der Waals surface area contributed by atoms with Crippen molar-refractivity contribution in [3.8, 4) is 5.75 Å². The highest BCUT2D eigenvalue weighted by molar-refractivity contribution is 5.96. The van der Waals surface area contributed by atoms with Gasteiger partial charge >= 0.3 is 0 Å². The van der Waals surface area contributed by atoms with Crippen molar-refractivity contribution < 1.29 is 9.90 Å². The maximum atomic E-state index is 11.9. The van der Waals surface area contributed by atoms with Crippen LogP contribution in [0.1, 0.15) is 28.5 Å². The summed E-state index contributed by atoms with van der Waals surface area (Å²) < 4.78 is 1.73. The minimum Gasteiger partial charge on any atom is -0.505 e. The first-order chi connectivity index (χ1) is 9.11. The van der Waals surface area contributed by atoms with Crippen LogP contribution in [-0.2, 0) is 20.0 Å². The van der Waals surface area contributed by atoms with Gasteiger partial charge in [0.05, 0.1) is 17.5 Å². The lowest BCUT2D eigenvalue weighted by atomic mass is 10.2. The minimum absolute atomic E-state index is 0.123. The Balaban J connectivity index is 2.06. The lowest BCUT2D eigenvalue weighted by molar-refractivity contribution is 0.0948. The maximum absolute atomic E-state index is 11.9. The summed E-state index contributed by atoms with van der Waals surface area (Å²) in [6, 6.07) is 1.48. The molecule has 0 bridgehead atoms. The van der Waals surface area contributed by atoms with Crippen LogP contribution >= 0.6 is 0 Å². The van der Waals surface area contributed by atoms with Crippen LogP contribution in [0.4, 0.5) is 0 Å². The van der Waals surface area contributed by atoms with Gasteiger partial charge in [-0.1, -0.05) is 6.92 Å². The van der Waals surface area contributed by atoms with Crippen LogP contribution in [0.5, 0.6) is 5.75 Å². The number of pyridine rings is 1. The summed E-state index contributed by atoms with van der Waals surface area (Å²) in [5, 5.41) is 16.6. The highest BCUT2D eigenvalue weighted by Crippen LogP contribution is 2.14. The van der Waals surface area contributed by atoms with E-state index >= 15 is 0 Å². The summed E-state index contributed by atoms with van der Waals surface area (Å²) >= 11 is 0. The zero-order chi connectivity index (χ0) is 13.8. The van der Waals surface area contributed by atoms with Gasteiger partial charge in [0.1, 0.15) is 5.75 Å². The molecule has 2 N–H and O–H groups in total. The van der Waals surface area contributed by atoms with Crippen LogP contribution in [0.2, 0.25) is 0 Å². The van der Waals surface area contributed by atoms with Crippen molar-refractivity contribution in [1.82, 2.24) is 20.1 Å². The van der Waals surface area contributed by atoms with Crippen LogP contribution in [0.25, 0.3) is 0 Å². The fourth-order valence-electron chi connectivity index (χ4n) is 1.88. The topological polar surface area (TPSA) is 80.0 Å². The average Bonchev–Trinajstić information content (AvgIpc) is 2.77. The van der Waals surface area contributed by atoms with Gasteiger partial charge in [0.25, 0.3) is 5.91 Å². The van der Waals surface area contributed by atoms with E-state index in [1.807, 2.05) is 20.2 Å². The number of aryl methyl sites for hydroxylation is 2. The number of aromatic hydroxyl groups is 1. The second kappa shape index (κ2) is 5.51. The molecular weight excluding hydrogens is 244 g/mol. The van der Waals surface area contributed by atoms with Crippen molar-refractivity contribution in [3.63, 3.8) is 0 Å². The molecule has 0 spiro atoms. The van der Waals surface area contributed by atoms with Gasteiger partial charge in [0.2, 0.25) is 0 Å². The molecule has 2 heterocycles. The number of aromatic nitrogens is 3. The molecule has 6 nitrogen and oxygen atoms in total. The third kappa shape index (κ3) is 2.90. The standard InChI is InChI=1S/C13H16N4O2/c1-3-11-9(8-17(2)16-11)6-15-13(19)10-4-5-14-7-12(10)18/h4-5,7-8,18H,3,6H2,1-2H3,(H,15,19). The molecule has 0 saturated carbocycles. The van der Waals surface area contributed by atoms with Gasteiger partial charge in [-0.3, -0.25) is 14.5 Å². The molecule has 100 valence electrons. The molecule has 2 aromatic heterocycles. The molecule has 19 heavy (non-hydrogen) atoms. The van der Waals surface area contributed by atoms with Gasteiger partial charge in [0.15, 0.2) is 0 Å². The number of nitrogens with one attached hydrogen (secondary N) is 1. The lowest BCUT2D eigenvalue weighted by Crippen LogP contribution is -2.23. The Bertz CT molecular complexity index is 592. The Morgan fingerprint density at radius 3 is 3.00 bits per heavy atom. The number of rotatable bonds is 4. The van der Waals surface area contributed by atoms with Crippen molar-refractivity contribution in [3.05, 3.63) is 41.5 Å². The molecule has 0 aliphatic rings. The first kappa shape index (κ1) is 13.1. The van der Waals surface area contributed by atoms with E-state index in [2.05, 4.69) is 15.4 Å². The van der Waals surface area contributed by atoms with E-state index in [1.165, 1.54) is 18.5 Å². The van der Waals surface area contributed by atoms with E-state index in [0.29, 0.717) is 6.54 Å². The van der Waals surface area contributed by atoms with E-state index in [1.54, 1.807) is 4.68 Å². The fraction of sp³-hybridized carbons (Fsp3) is 0.308. The van der Waals surface area contributed by atoms with Crippen molar-refractivity contribution in [2.75, 3.05) is 0 Å². The monoisotopic (exact) mass is 260 g/mol. The molecule has 0 aliphatic heterocycles. The fourth-order valence-corrected chi connectivity index (χ4v) is 1.88. The van der Waals surface area contributed by atoms with E-state index in [0.717, 1.165) is 17.7 Å². The Morgan fingerprint density at radius 2 is 2.32 bits per heavy atom. The zero-order valence-electron chi connectivity index (χ0n) is 10.9. The van der Waals surface area contributed by atoms with Gasteiger partial charge < -0.3 is 10.4 Å². The molecule has 0 unspecified atom stereocenters. The zero-order valence-corrected chi connectivity index (χ0v) is 10.9. The molecule has 0 aromatic carbocycles. The molecule has 2 rings (SSSR count). The summed E-state index contributed by atoms with van der Waals surface area (Å²) in [5.74, 6) is -0.451. The Hall–Kier alpha value is -2.37. The van der Waals surface area contributed by atoms with Gasteiger partial charge in [-0.15, -0.1) is 0 Å². The summed E-state index contributed by atoms with van der Waals surface area (Å²) in [6.07, 6.45) is 5.41. The third-order valence-corrected chi connectivity index (χ3v) is 2.81. The van der Waals surface area contributed by atoms with Crippen LogP contribution < -0.4 is 5.32 Å². The van der Waals surface area contributed by atoms with E-state index < -0.39 is 0 Å². The Kier molecular flexibility index (Phi) is 3.79. The summed E-state index contributed by atoms with van der Waals surface area (Å²) in [7, 11) is 1.85. The van der Waals surface area contributed by atoms with E-state index in [4.69, 9.17) is 0 Å². The summed E-state index contributed by atoms with van der Waals surface area (Å²) in [4.78, 5) is 15.7. The SMILES string of the molecule is CCc1nn(C)cc1CNC(=O)c1ccncc1O. The molecule has 0 saturated heterocycles. The van der Waals surface area contributed by atoms with Gasteiger partial charge in [-0.05, 0) is 12.5 Å². The predicted molar refractivity (Wildman–Crippen MR) is 69.7 cm³/mol. The van der Waals surface area contributed by atoms with Gasteiger partial charge in [-0.25, -0.2) is 0 Å². The molecule has 0 atom stereocenters. The van der Waals surface area contributed by atoms with Crippen molar-refractivity contribution in [2.24, 2.45) is 7.05 Å². The second-order valence-corrected chi connectivity index (χ2v) is 4.20. The third-order valence-electron chi connectivity index (χ3n) is 2.81.